The van der Waals surface area contributed by atoms with Crippen LogP contribution in [0.1, 0.15) is 24.0 Å². The molecule has 3 saturated heterocycles. The van der Waals surface area contributed by atoms with Crippen molar-refractivity contribution in [2.24, 2.45) is 5.73 Å². The van der Waals surface area contributed by atoms with Crippen molar-refractivity contribution in [1.29, 1.82) is 0 Å². The number of fused-ring (bicyclic) bond motifs is 1. The third-order valence-electron chi connectivity index (χ3n) is 6.65. The van der Waals surface area contributed by atoms with Gasteiger partial charge in [-0.25, -0.2) is 4.79 Å². The lowest BCUT2D eigenvalue weighted by Gasteiger charge is -2.44. The van der Waals surface area contributed by atoms with Crippen LogP contribution in [0.25, 0.3) is 0 Å². The average Bonchev–Trinajstić information content (AvgIpc) is 3.11. The Morgan fingerprint density at radius 3 is 2.29 bits per heavy atom. The van der Waals surface area contributed by atoms with E-state index in [0.29, 0.717) is 0 Å². The van der Waals surface area contributed by atoms with E-state index in [1.807, 2.05) is 36.4 Å². The molecule has 1 spiro atoms. The molecule has 3 fully saturated rings. The lowest BCUT2D eigenvalue weighted by atomic mass is 9.85. The summed E-state index contributed by atoms with van der Waals surface area (Å²) < 4.78 is 5.37. The minimum atomic E-state index is -0.558. The molecule has 3 aliphatic rings. The molecule has 5 rings (SSSR count). The number of thioether (sulfide) groups is 1. The van der Waals surface area contributed by atoms with Crippen LogP contribution in [-0.4, -0.2) is 57.0 Å². The van der Waals surface area contributed by atoms with E-state index in [0.717, 1.165) is 38.0 Å². The molecule has 6 nitrogen and oxygen atoms in total. The molecule has 1 amide bonds. The molecule has 2 aromatic carbocycles. The van der Waals surface area contributed by atoms with E-state index in [4.69, 9.17) is 10.5 Å². The van der Waals surface area contributed by atoms with Crippen LogP contribution in [0.15, 0.2) is 60.7 Å². The van der Waals surface area contributed by atoms with Gasteiger partial charge in [0.1, 0.15) is 24.1 Å². The second-order valence-electron chi connectivity index (χ2n) is 8.60. The van der Waals surface area contributed by atoms with Gasteiger partial charge in [0.15, 0.2) is 0 Å². The Morgan fingerprint density at radius 2 is 1.65 bits per heavy atom. The molecular weight excluding hydrogens is 410 g/mol. The zero-order valence-electron chi connectivity index (χ0n) is 17.4. The number of nitrogens with zero attached hydrogens (tertiary/aromatic N) is 2. The van der Waals surface area contributed by atoms with Crippen molar-refractivity contribution in [3.63, 3.8) is 0 Å². The van der Waals surface area contributed by atoms with Crippen LogP contribution >= 0.6 is 11.8 Å². The molecule has 0 aromatic heterocycles. The fourth-order valence-electron chi connectivity index (χ4n) is 4.93. The average molecular weight is 438 g/mol. The predicted molar refractivity (Wildman–Crippen MR) is 120 cm³/mol. The van der Waals surface area contributed by atoms with Crippen molar-refractivity contribution >= 4 is 23.6 Å². The summed E-state index contributed by atoms with van der Waals surface area (Å²) in [4.78, 5) is 29.9. The van der Waals surface area contributed by atoms with Crippen molar-refractivity contribution in [2.75, 3.05) is 13.1 Å². The minimum absolute atomic E-state index is 0.123. The first kappa shape index (κ1) is 20.5. The van der Waals surface area contributed by atoms with Crippen LogP contribution in [0.5, 0.6) is 0 Å². The Kier molecular flexibility index (Phi) is 5.50. The van der Waals surface area contributed by atoms with E-state index in [1.54, 1.807) is 16.7 Å². The standard InChI is InChI=1S/C24H27N3O3S/c25-19-21(28)27-20(23(29)30-16-18-9-5-2-6-10-18)24(31-22(19)27)11-13-26(14-12-24)15-17-7-3-1-4-8-17/h1-10,19-20,22H,11-16,25H2/t19?,20?,22-/m1/s1. The minimum Gasteiger partial charge on any atom is -0.459 e. The Balaban J connectivity index is 1.29. The number of carbonyl (C=O) groups is 2. The molecule has 7 heteroatoms. The van der Waals surface area contributed by atoms with Gasteiger partial charge in [-0.15, -0.1) is 11.8 Å². The highest BCUT2D eigenvalue weighted by atomic mass is 32.2. The van der Waals surface area contributed by atoms with Crippen molar-refractivity contribution in [1.82, 2.24) is 9.80 Å². The number of nitrogens with two attached hydrogens (primary N) is 1. The second-order valence-corrected chi connectivity index (χ2v) is 10.1. The van der Waals surface area contributed by atoms with Crippen molar-refractivity contribution in [3.05, 3.63) is 71.8 Å². The first-order chi connectivity index (χ1) is 15.1. The lowest BCUT2D eigenvalue weighted by molar-refractivity contribution is -0.164. The molecule has 0 radical (unpaired) electrons. The van der Waals surface area contributed by atoms with E-state index in [2.05, 4.69) is 29.2 Å². The third kappa shape index (κ3) is 3.75. The van der Waals surface area contributed by atoms with Gasteiger partial charge >= 0.3 is 5.97 Å². The number of carbonyl (C=O) groups excluding carboxylic acids is 2. The summed E-state index contributed by atoms with van der Waals surface area (Å²) >= 11 is 1.71. The highest BCUT2D eigenvalue weighted by molar-refractivity contribution is 8.01. The largest absolute Gasteiger partial charge is 0.459 e. The van der Waals surface area contributed by atoms with Gasteiger partial charge in [0.25, 0.3) is 0 Å². The van der Waals surface area contributed by atoms with Crippen LogP contribution < -0.4 is 5.73 Å². The van der Waals surface area contributed by atoms with Gasteiger partial charge in [-0.2, -0.15) is 0 Å². The van der Waals surface area contributed by atoms with Gasteiger partial charge in [-0.3, -0.25) is 9.69 Å². The van der Waals surface area contributed by atoms with E-state index in [9.17, 15) is 9.59 Å². The number of piperidine rings is 1. The van der Waals surface area contributed by atoms with Gasteiger partial charge in [0.2, 0.25) is 5.91 Å². The van der Waals surface area contributed by atoms with Crippen LogP contribution in [0, 0.1) is 0 Å². The number of benzene rings is 2. The highest BCUT2D eigenvalue weighted by Gasteiger charge is 2.66. The van der Waals surface area contributed by atoms with Gasteiger partial charge in [0.05, 0.1) is 4.75 Å². The van der Waals surface area contributed by atoms with Gasteiger partial charge < -0.3 is 15.4 Å². The summed E-state index contributed by atoms with van der Waals surface area (Å²) in [5.74, 6) is -0.446. The smallest absolute Gasteiger partial charge is 0.330 e. The Hall–Kier alpha value is -2.35. The van der Waals surface area contributed by atoms with Crippen LogP contribution in [0.3, 0.4) is 0 Å². The first-order valence-electron chi connectivity index (χ1n) is 10.8. The quantitative estimate of drug-likeness (QED) is 0.572. The second kappa shape index (κ2) is 8.30. The Bertz CT molecular complexity index is 947. The molecule has 0 saturated carbocycles. The summed E-state index contributed by atoms with van der Waals surface area (Å²) in [6.45, 7) is 2.88. The molecule has 31 heavy (non-hydrogen) atoms. The number of amides is 1. The molecule has 162 valence electrons. The number of rotatable bonds is 5. The van der Waals surface area contributed by atoms with Gasteiger partial charge in [-0.1, -0.05) is 60.7 Å². The Labute approximate surface area is 186 Å². The zero-order valence-corrected chi connectivity index (χ0v) is 18.2. The molecule has 3 heterocycles. The zero-order chi connectivity index (χ0) is 21.4. The van der Waals surface area contributed by atoms with Crippen molar-refractivity contribution < 1.29 is 14.3 Å². The van der Waals surface area contributed by atoms with E-state index < -0.39 is 12.1 Å². The highest BCUT2D eigenvalue weighted by Crippen LogP contribution is 2.55. The molecule has 3 atom stereocenters. The van der Waals surface area contributed by atoms with E-state index >= 15 is 0 Å². The lowest BCUT2D eigenvalue weighted by Crippen LogP contribution is -2.69. The molecule has 2 unspecified atom stereocenters. The SMILES string of the molecule is NC1C(=O)N2C(C(=O)OCc3ccccc3)C3(CCN(Cc4ccccc4)CC3)S[C@H]12. The molecule has 2 N–H and O–H groups in total. The van der Waals surface area contributed by atoms with Gasteiger partial charge in [0, 0.05) is 6.54 Å². The normalized spacial score (nSPS) is 27.1. The molecule has 0 bridgehead atoms. The third-order valence-corrected chi connectivity index (χ3v) is 8.51. The van der Waals surface area contributed by atoms with Crippen LogP contribution in [0.2, 0.25) is 0 Å². The molecular formula is C24H27N3O3S. The monoisotopic (exact) mass is 437 g/mol. The molecule has 2 aromatic rings. The van der Waals surface area contributed by atoms with E-state index in [1.165, 1.54) is 5.56 Å². The van der Waals surface area contributed by atoms with Crippen molar-refractivity contribution in [3.8, 4) is 0 Å². The van der Waals surface area contributed by atoms with E-state index in [-0.39, 0.29) is 28.6 Å². The summed E-state index contributed by atoms with van der Waals surface area (Å²) in [6, 6.07) is 19.0. The Morgan fingerprint density at radius 1 is 1.03 bits per heavy atom. The maximum absolute atomic E-state index is 13.2. The van der Waals surface area contributed by atoms with Crippen molar-refractivity contribution in [2.45, 2.75) is 48.2 Å². The molecule has 0 aliphatic carbocycles. The predicted octanol–water partition coefficient (Wildman–Crippen LogP) is 2.38. The number of esters is 1. The fourth-order valence-corrected chi connectivity index (χ4v) is 6.77. The summed E-state index contributed by atoms with van der Waals surface area (Å²) in [7, 11) is 0. The maximum Gasteiger partial charge on any atom is 0.330 e. The maximum atomic E-state index is 13.2. The summed E-state index contributed by atoms with van der Waals surface area (Å²) in [5.41, 5.74) is 8.31. The summed E-state index contributed by atoms with van der Waals surface area (Å²) in [5, 5.41) is -0.123. The molecule has 3 aliphatic heterocycles. The van der Waals surface area contributed by atoms with Gasteiger partial charge in [-0.05, 0) is 37.1 Å². The number of hydrogen-bond acceptors (Lipinski definition) is 6. The topological polar surface area (TPSA) is 75.9 Å². The summed E-state index contributed by atoms with van der Waals surface area (Å²) in [6.07, 6.45) is 1.67. The fraction of sp³-hybridized carbons (Fsp3) is 0.417. The van der Waals surface area contributed by atoms with Crippen LogP contribution in [0.4, 0.5) is 0 Å². The number of hydrogen-bond donors (Lipinski definition) is 1. The number of likely N-dealkylation sites (tertiary alicyclic amines) is 1. The number of ether oxygens (including phenoxy) is 1. The number of β-lactam (4-membered cyclic amide) rings is 1. The van der Waals surface area contributed by atoms with Crippen LogP contribution in [-0.2, 0) is 27.5 Å². The first-order valence-corrected chi connectivity index (χ1v) is 11.7.